The molecule has 1 saturated carbocycles. The van der Waals surface area contributed by atoms with Crippen molar-refractivity contribution < 1.29 is 0 Å². The first kappa shape index (κ1) is 9.44. The molecular weight excluding hydrogens is 174 g/mol. The lowest BCUT2D eigenvalue weighted by Crippen LogP contribution is -2.16. The quantitative estimate of drug-likeness (QED) is 0.780. The molecule has 2 rings (SSSR count). The Labute approximate surface area is 84.9 Å². The lowest BCUT2D eigenvalue weighted by molar-refractivity contribution is 0.602. The van der Waals surface area contributed by atoms with Crippen LogP contribution in [0.25, 0.3) is 0 Å². The molecule has 3 nitrogen and oxygen atoms in total. The van der Waals surface area contributed by atoms with Gasteiger partial charge in [0.2, 0.25) is 0 Å². The Balaban J connectivity index is 1.97. The van der Waals surface area contributed by atoms with Gasteiger partial charge in [-0.3, -0.25) is 0 Å². The van der Waals surface area contributed by atoms with Gasteiger partial charge in [-0.25, -0.2) is 0 Å². The van der Waals surface area contributed by atoms with Crippen LogP contribution in [0.4, 0.5) is 5.82 Å². The molecule has 2 atom stereocenters. The van der Waals surface area contributed by atoms with Crippen LogP contribution in [0.1, 0.15) is 31.7 Å². The SMILES string of the molecule is Cc1cnnc(NC2CCC(C)C2)c1. The number of anilines is 1. The maximum atomic E-state index is 4.07. The van der Waals surface area contributed by atoms with Crippen molar-refractivity contribution in [1.29, 1.82) is 0 Å². The van der Waals surface area contributed by atoms with E-state index in [1.165, 1.54) is 19.3 Å². The summed E-state index contributed by atoms with van der Waals surface area (Å²) in [5.41, 5.74) is 1.16. The van der Waals surface area contributed by atoms with E-state index in [0.29, 0.717) is 6.04 Å². The molecular formula is C11H17N3. The van der Waals surface area contributed by atoms with Gasteiger partial charge in [0.05, 0.1) is 6.20 Å². The van der Waals surface area contributed by atoms with Crippen LogP contribution in [0, 0.1) is 12.8 Å². The van der Waals surface area contributed by atoms with E-state index in [0.717, 1.165) is 17.3 Å². The Morgan fingerprint density at radius 3 is 2.93 bits per heavy atom. The summed E-state index contributed by atoms with van der Waals surface area (Å²) in [6.07, 6.45) is 5.63. The molecule has 0 aromatic carbocycles. The lowest BCUT2D eigenvalue weighted by Gasteiger charge is -2.12. The van der Waals surface area contributed by atoms with Gasteiger partial charge in [-0.1, -0.05) is 6.92 Å². The van der Waals surface area contributed by atoms with Crippen LogP contribution in [0.3, 0.4) is 0 Å². The number of hydrogen-bond donors (Lipinski definition) is 1. The molecule has 1 fully saturated rings. The Morgan fingerprint density at radius 2 is 2.29 bits per heavy atom. The third-order valence-corrected chi connectivity index (χ3v) is 2.84. The zero-order valence-corrected chi connectivity index (χ0v) is 8.83. The smallest absolute Gasteiger partial charge is 0.149 e. The number of nitrogens with zero attached hydrogens (tertiary/aromatic N) is 2. The monoisotopic (exact) mass is 191 g/mol. The summed E-state index contributed by atoms with van der Waals surface area (Å²) >= 11 is 0. The second-order valence-electron chi connectivity index (χ2n) is 4.38. The van der Waals surface area contributed by atoms with Gasteiger partial charge in [-0.05, 0) is 43.7 Å². The minimum atomic E-state index is 0.598. The van der Waals surface area contributed by atoms with E-state index >= 15 is 0 Å². The van der Waals surface area contributed by atoms with Crippen molar-refractivity contribution in [3.63, 3.8) is 0 Å². The second-order valence-corrected chi connectivity index (χ2v) is 4.38. The van der Waals surface area contributed by atoms with Crippen LogP contribution in [0.2, 0.25) is 0 Å². The number of hydrogen-bond acceptors (Lipinski definition) is 3. The summed E-state index contributed by atoms with van der Waals surface area (Å²) in [5.74, 6) is 1.77. The average Bonchev–Trinajstić information content (AvgIpc) is 2.51. The van der Waals surface area contributed by atoms with Crippen molar-refractivity contribution in [2.45, 2.75) is 39.2 Å². The van der Waals surface area contributed by atoms with E-state index in [-0.39, 0.29) is 0 Å². The summed E-state index contributed by atoms with van der Waals surface area (Å²) in [6, 6.07) is 2.65. The van der Waals surface area contributed by atoms with Crippen molar-refractivity contribution in [2.24, 2.45) is 5.92 Å². The minimum Gasteiger partial charge on any atom is -0.366 e. The van der Waals surface area contributed by atoms with Gasteiger partial charge < -0.3 is 5.32 Å². The maximum absolute atomic E-state index is 4.07. The number of nitrogens with one attached hydrogen (secondary N) is 1. The van der Waals surface area contributed by atoms with E-state index in [4.69, 9.17) is 0 Å². The van der Waals surface area contributed by atoms with Gasteiger partial charge in [0.15, 0.2) is 0 Å². The van der Waals surface area contributed by atoms with Gasteiger partial charge in [-0.2, -0.15) is 5.10 Å². The molecule has 1 aliphatic rings. The first-order valence-corrected chi connectivity index (χ1v) is 5.30. The molecule has 0 aliphatic heterocycles. The van der Waals surface area contributed by atoms with E-state index in [9.17, 15) is 0 Å². The maximum Gasteiger partial charge on any atom is 0.149 e. The largest absolute Gasteiger partial charge is 0.366 e. The molecule has 0 radical (unpaired) electrons. The summed E-state index contributed by atoms with van der Waals surface area (Å²) in [7, 11) is 0. The highest BCUT2D eigenvalue weighted by molar-refractivity contribution is 5.36. The second kappa shape index (κ2) is 3.95. The third-order valence-electron chi connectivity index (χ3n) is 2.84. The van der Waals surface area contributed by atoms with E-state index in [2.05, 4.69) is 28.5 Å². The Morgan fingerprint density at radius 1 is 1.43 bits per heavy atom. The molecule has 0 bridgehead atoms. The predicted octanol–water partition coefficient (Wildman–Crippen LogP) is 2.39. The molecule has 76 valence electrons. The summed E-state index contributed by atoms with van der Waals surface area (Å²) < 4.78 is 0. The molecule has 2 unspecified atom stereocenters. The molecule has 1 N–H and O–H groups in total. The Kier molecular flexibility index (Phi) is 2.66. The fraction of sp³-hybridized carbons (Fsp3) is 0.636. The lowest BCUT2D eigenvalue weighted by atomic mass is 10.1. The number of rotatable bonds is 2. The first-order valence-electron chi connectivity index (χ1n) is 5.30. The minimum absolute atomic E-state index is 0.598. The molecule has 1 aromatic rings. The van der Waals surface area contributed by atoms with Gasteiger partial charge >= 0.3 is 0 Å². The number of aryl methyl sites for hydroxylation is 1. The molecule has 14 heavy (non-hydrogen) atoms. The molecule has 0 amide bonds. The molecule has 3 heteroatoms. The fourth-order valence-electron chi connectivity index (χ4n) is 2.08. The number of aromatic nitrogens is 2. The van der Waals surface area contributed by atoms with Crippen LogP contribution in [0.15, 0.2) is 12.3 Å². The first-order chi connectivity index (χ1) is 6.74. The van der Waals surface area contributed by atoms with Crippen molar-refractivity contribution in [1.82, 2.24) is 10.2 Å². The zero-order chi connectivity index (χ0) is 9.97. The summed E-state index contributed by atoms with van der Waals surface area (Å²) in [6.45, 7) is 4.35. The van der Waals surface area contributed by atoms with Gasteiger partial charge in [-0.15, -0.1) is 5.10 Å². The highest BCUT2D eigenvalue weighted by atomic mass is 15.2. The molecule has 0 spiro atoms. The Hall–Kier alpha value is -1.12. The van der Waals surface area contributed by atoms with Crippen LogP contribution in [-0.4, -0.2) is 16.2 Å². The molecule has 1 aromatic heterocycles. The van der Waals surface area contributed by atoms with Crippen molar-refractivity contribution >= 4 is 5.82 Å². The van der Waals surface area contributed by atoms with Crippen LogP contribution < -0.4 is 5.32 Å². The van der Waals surface area contributed by atoms with Gasteiger partial charge in [0, 0.05) is 6.04 Å². The fourth-order valence-corrected chi connectivity index (χ4v) is 2.08. The van der Waals surface area contributed by atoms with E-state index in [1.807, 2.05) is 6.92 Å². The topological polar surface area (TPSA) is 37.8 Å². The molecule has 1 aliphatic carbocycles. The molecule has 0 saturated heterocycles. The third kappa shape index (κ3) is 2.22. The van der Waals surface area contributed by atoms with Gasteiger partial charge in [0.25, 0.3) is 0 Å². The average molecular weight is 191 g/mol. The molecule has 1 heterocycles. The zero-order valence-electron chi connectivity index (χ0n) is 8.83. The van der Waals surface area contributed by atoms with Crippen LogP contribution in [0.5, 0.6) is 0 Å². The van der Waals surface area contributed by atoms with Crippen LogP contribution >= 0.6 is 0 Å². The van der Waals surface area contributed by atoms with Crippen molar-refractivity contribution in [2.75, 3.05) is 5.32 Å². The van der Waals surface area contributed by atoms with Crippen LogP contribution in [-0.2, 0) is 0 Å². The van der Waals surface area contributed by atoms with Crippen molar-refractivity contribution in [3.8, 4) is 0 Å². The summed E-state index contributed by atoms with van der Waals surface area (Å²) in [4.78, 5) is 0. The highest BCUT2D eigenvalue weighted by Crippen LogP contribution is 2.26. The normalized spacial score (nSPS) is 26.4. The van der Waals surface area contributed by atoms with E-state index < -0.39 is 0 Å². The van der Waals surface area contributed by atoms with E-state index in [1.54, 1.807) is 6.20 Å². The predicted molar refractivity (Wildman–Crippen MR) is 57.2 cm³/mol. The highest BCUT2D eigenvalue weighted by Gasteiger charge is 2.21. The summed E-state index contributed by atoms with van der Waals surface area (Å²) in [5, 5.41) is 11.4. The standard InChI is InChI=1S/C11H17N3/c1-8-3-4-10(5-8)13-11-6-9(2)7-12-14-11/h6-8,10H,3-5H2,1-2H3,(H,13,14). The Bertz CT molecular complexity index is 311. The van der Waals surface area contributed by atoms with Crippen molar-refractivity contribution in [3.05, 3.63) is 17.8 Å². The van der Waals surface area contributed by atoms with Gasteiger partial charge in [0.1, 0.15) is 5.82 Å².